The number of hydrogen-bond donors (Lipinski definition) is 1. The molecule has 1 rings (SSSR count). The van der Waals surface area contributed by atoms with Crippen molar-refractivity contribution in [2.24, 2.45) is 0 Å². The Balaban J connectivity index is 2.75. The van der Waals surface area contributed by atoms with E-state index in [1.807, 2.05) is 6.92 Å². The predicted octanol–water partition coefficient (Wildman–Crippen LogP) is 4.34. The van der Waals surface area contributed by atoms with Gasteiger partial charge in [-0.25, -0.2) is 8.78 Å². The number of hydrogen-bond acceptors (Lipinski definition) is 1. The first-order chi connectivity index (χ1) is 7.56. The van der Waals surface area contributed by atoms with Crippen LogP contribution in [0.1, 0.15) is 44.3 Å². The Labute approximate surface area is 103 Å². The van der Waals surface area contributed by atoms with Crippen LogP contribution in [-0.2, 0) is 0 Å². The second kappa shape index (κ2) is 6.30. The number of benzene rings is 1. The Hall–Kier alpha value is -0.480. The Bertz CT molecular complexity index is 355. The maximum absolute atomic E-state index is 13.4. The molecule has 1 aromatic carbocycles. The molecule has 16 heavy (non-hydrogen) atoms. The summed E-state index contributed by atoms with van der Waals surface area (Å²) < 4.78 is 26.7. The van der Waals surface area contributed by atoms with Crippen molar-refractivity contribution in [2.45, 2.75) is 38.7 Å². The third-order valence-corrected chi connectivity index (χ3v) is 3.09. The van der Waals surface area contributed by atoms with Gasteiger partial charge in [-0.2, -0.15) is 0 Å². The number of aliphatic hydroxyl groups excluding tert-OH is 1. The van der Waals surface area contributed by atoms with Gasteiger partial charge in [0.15, 0.2) is 0 Å². The van der Waals surface area contributed by atoms with E-state index in [0.29, 0.717) is 6.42 Å². The van der Waals surface area contributed by atoms with Gasteiger partial charge in [0.2, 0.25) is 0 Å². The Kier molecular flexibility index (Phi) is 5.35. The summed E-state index contributed by atoms with van der Waals surface area (Å²) in [5.74, 6) is -1.12. The van der Waals surface area contributed by atoms with Crippen molar-refractivity contribution in [3.63, 3.8) is 0 Å². The first-order valence-corrected chi connectivity index (χ1v) is 6.18. The van der Waals surface area contributed by atoms with Crippen molar-refractivity contribution in [1.82, 2.24) is 0 Å². The lowest BCUT2D eigenvalue weighted by molar-refractivity contribution is 0.158. The van der Waals surface area contributed by atoms with E-state index in [-0.39, 0.29) is 10.0 Å². The maximum atomic E-state index is 13.4. The first-order valence-electron chi connectivity index (χ1n) is 5.38. The summed E-state index contributed by atoms with van der Waals surface area (Å²) in [6.45, 7) is 2.05. The molecule has 0 aliphatic rings. The van der Waals surface area contributed by atoms with E-state index in [9.17, 15) is 13.9 Å². The van der Waals surface area contributed by atoms with Crippen molar-refractivity contribution < 1.29 is 13.9 Å². The predicted molar refractivity (Wildman–Crippen MR) is 63.2 cm³/mol. The summed E-state index contributed by atoms with van der Waals surface area (Å²) in [5, 5.41) is 9.72. The average molecular weight is 293 g/mol. The highest BCUT2D eigenvalue weighted by Crippen LogP contribution is 2.27. The smallest absolute Gasteiger partial charge is 0.137 e. The molecule has 1 unspecified atom stereocenters. The van der Waals surface area contributed by atoms with Gasteiger partial charge in [-0.15, -0.1) is 0 Å². The highest BCUT2D eigenvalue weighted by atomic mass is 79.9. The van der Waals surface area contributed by atoms with Crippen LogP contribution in [0.3, 0.4) is 0 Å². The van der Waals surface area contributed by atoms with Crippen LogP contribution < -0.4 is 0 Å². The number of halogens is 3. The summed E-state index contributed by atoms with van der Waals surface area (Å²) in [5.41, 5.74) is 0.0387. The molecule has 0 radical (unpaired) electrons. The van der Waals surface area contributed by atoms with E-state index in [2.05, 4.69) is 15.9 Å². The summed E-state index contributed by atoms with van der Waals surface area (Å²) in [6.07, 6.45) is 2.37. The zero-order chi connectivity index (χ0) is 12.1. The minimum atomic E-state index is -0.922. The number of aliphatic hydroxyl groups is 1. The highest BCUT2D eigenvalue weighted by molar-refractivity contribution is 9.10. The van der Waals surface area contributed by atoms with Gasteiger partial charge < -0.3 is 5.11 Å². The standard InChI is InChI=1S/C12H15BrF2O/c1-2-3-4-5-12(16)8-6-11(15)9(13)7-10(8)14/h6-7,12,16H,2-5H2,1H3. The van der Waals surface area contributed by atoms with Gasteiger partial charge in [0.25, 0.3) is 0 Å². The van der Waals surface area contributed by atoms with Gasteiger partial charge in [0.05, 0.1) is 10.6 Å². The molecular weight excluding hydrogens is 278 g/mol. The van der Waals surface area contributed by atoms with Crippen molar-refractivity contribution in [3.8, 4) is 0 Å². The molecule has 0 bridgehead atoms. The van der Waals surface area contributed by atoms with Crippen LogP contribution in [-0.4, -0.2) is 5.11 Å². The van der Waals surface area contributed by atoms with Crippen molar-refractivity contribution in [3.05, 3.63) is 33.8 Å². The van der Waals surface area contributed by atoms with Crippen LogP contribution in [0.5, 0.6) is 0 Å². The molecule has 0 saturated carbocycles. The average Bonchev–Trinajstić information content (AvgIpc) is 2.23. The molecule has 1 aromatic rings. The Morgan fingerprint density at radius 3 is 2.56 bits per heavy atom. The molecular formula is C12H15BrF2O. The molecule has 0 saturated heterocycles. The topological polar surface area (TPSA) is 20.2 Å². The molecule has 0 aliphatic heterocycles. The first kappa shape index (κ1) is 13.6. The Morgan fingerprint density at radius 2 is 1.94 bits per heavy atom. The second-order valence-electron chi connectivity index (χ2n) is 3.80. The molecule has 0 aliphatic carbocycles. The quantitative estimate of drug-likeness (QED) is 0.632. The number of unbranched alkanes of at least 4 members (excludes halogenated alkanes) is 2. The minimum Gasteiger partial charge on any atom is -0.388 e. The van der Waals surface area contributed by atoms with Gasteiger partial charge in [-0.05, 0) is 34.5 Å². The third-order valence-electron chi connectivity index (χ3n) is 2.48. The van der Waals surface area contributed by atoms with Gasteiger partial charge in [-0.1, -0.05) is 26.2 Å². The van der Waals surface area contributed by atoms with E-state index in [1.54, 1.807) is 0 Å². The number of rotatable bonds is 5. The molecule has 90 valence electrons. The van der Waals surface area contributed by atoms with Crippen molar-refractivity contribution in [2.75, 3.05) is 0 Å². The van der Waals surface area contributed by atoms with E-state index >= 15 is 0 Å². The molecule has 0 fully saturated rings. The van der Waals surface area contributed by atoms with E-state index < -0.39 is 17.7 Å². The normalized spacial score (nSPS) is 12.8. The second-order valence-corrected chi connectivity index (χ2v) is 4.65. The molecule has 0 spiro atoms. The van der Waals surface area contributed by atoms with Gasteiger partial charge in [-0.3, -0.25) is 0 Å². The zero-order valence-corrected chi connectivity index (χ0v) is 10.7. The zero-order valence-electron chi connectivity index (χ0n) is 9.14. The van der Waals surface area contributed by atoms with Crippen LogP contribution in [0, 0.1) is 11.6 Å². The van der Waals surface area contributed by atoms with Crippen LogP contribution in [0.4, 0.5) is 8.78 Å². The lowest BCUT2D eigenvalue weighted by Crippen LogP contribution is -2.02. The SMILES string of the molecule is CCCCCC(O)c1cc(F)c(Br)cc1F. The molecule has 4 heteroatoms. The lowest BCUT2D eigenvalue weighted by Gasteiger charge is -2.12. The maximum Gasteiger partial charge on any atom is 0.137 e. The van der Waals surface area contributed by atoms with E-state index in [4.69, 9.17) is 0 Å². The van der Waals surface area contributed by atoms with Gasteiger partial charge >= 0.3 is 0 Å². The summed E-state index contributed by atoms with van der Waals surface area (Å²) in [4.78, 5) is 0. The monoisotopic (exact) mass is 292 g/mol. The molecule has 1 atom stereocenters. The summed E-state index contributed by atoms with van der Waals surface area (Å²) >= 11 is 2.90. The van der Waals surface area contributed by atoms with E-state index in [1.165, 1.54) is 0 Å². The largest absolute Gasteiger partial charge is 0.388 e. The van der Waals surface area contributed by atoms with Gasteiger partial charge in [0.1, 0.15) is 11.6 Å². The van der Waals surface area contributed by atoms with Crippen LogP contribution in [0.25, 0.3) is 0 Å². The molecule has 0 amide bonds. The highest BCUT2D eigenvalue weighted by Gasteiger charge is 2.15. The van der Waals surface area contributed by atoms with Gasteiger partial charge in [0, 0.05) is 5.56 Å². The summed E-state index contributed by atoms with van der Waals surface area (Å²) in [6, 6.07) is 2.10. The lowest BCUT2D eigenvalue weighted by atomic mass is 10.0. The molecule has 1 nitrogen and oxygen atoms in total. The van der Waals surface area contributed by atoms with Crippen molar-refractivity contribution in [1.29, 1.82) is 0 Å². The van der Waals surface area contributed by atoms with Crippen LogP contribution >= 0.6 is 15.9 Å². The van der Waals surface area contributed by atoms with Crippen molar-refractivity contribution >= 4 is 15.9 Å². The fourth-order valence-electron chi connectivity index (χ4n) is 1.54. The van der Waals surface area contributed by atoms with E-state index in [0.717, 1.165) is 31.4 Å². The minimum absolute atomic E-state index is 0.0387. The van der Waals surface area contributed by atoms with Crippen LogP contribution in [0.2, 0.25) is 0 Å². The van der Waals surface area contributed by atoms with Crippen LogP contribution in [0.15, 0.2) is 16.6 Å². The fourth-order valence-corrected chi connectivity index (χ4v) is 1.85. The molecule has 0 aromatic heterocycles. The summed E-state index contributed by atoms with van der Waals surface area (Å²) in [7, 11) is 0. The molecule has 0 heterocycles. The Morgan fingerprint density at radius 1 is 1.25 bits per heavy atom. The fraction of sp³-hybridized carbons (Fsp3) is 0.500. The molecule has 1 N–H and O–H groups in total. The third kappa shape index (κ3) is 3.52.